The molecular weight excluding hydrogens is 222 g/mol. The largest absolute Gasteiger partial charge is 0.378 e. The fraction of sp³-hybridized carbons (Fsp3) is 0.133. The third-order valence-electron chi connectivity index (χ3n) is 3.08. The predicted octanol–water partition coefficient (Wildman–Crippen LogP) is 3.07. The zero-order chi connectivity index (χ0) is 12.5. The molecule has 0 amide bonds. The molecule has 0 N–H and O–H groups in total. The van der Waals surface area contributed by atoms with Crippen LogP contribution in [0.25, 0.3) is 16.9 Å². The number of hydrogen-bond acceptors (Lipinski definition) is 2. The number of nitrogens with zero attached hydrogens (tertiary/aromatic N) is 3. The van der Waals surface area contributed by atoms with Crippen LogP contribution in [0.4, 0.5) is 5.69 Å². The smallest absolute Gasteiger partial charge is 0.144 e. The molecule has 0 atom stereocenters. The second kappa shape index (κ2) is 4.18. The van der Waals surface area contributed by atoms with Crippen LogP contribution in [0.2, 0.25) is 0 Å². The summed E-state index contributed by atoms with van der Waals surface area (Å²) in [5.41, 5.74) is 3.44. The van der Waals surface area contributed by atoms with E-state index in [0.29, 0.717) is 0 Å². The molecule has 0 aliphatic carbocycles. The molecular formula is C15H15N3. The number of anilines is 1. The van der Waals surface area contributed by atoms with E-state index in [0.717, 1.165) is 16.9 Å². The van der Waals surface area contributed by atoms with E-state index in [1.54, 1.807) is 0 Å². The second-order valence-corrected chi connectivity index (χ2v) is 4.52. The molecule has 0 aliphatic rings. The van der Waals surface area contributed by atoms with Crippen molar-refractivity contribution >= 4 is 11.2 Å². The molecule has 3 rings (SSSR count). The van der Waals surface area contributed by atoms with Gasteiger partial charge >= 0.3 is 0 Å². The highest BCUT2D eigenvalue weighted by Crippen LogP contribution is 2.22. The van der Waals surface area contributed by atoms with Crippen molar-refractivity contribution in [3.05, 3.63) is 54.9 Å². The van der Waals surface area contributed by atoms with E-state index in [1.807, 2.05) is 38.6 Å². The number of hydrogen-bond donors (Lipinski definition) is 0. The monoisotopic (exact) mass is 237 g/mol. The Bertz CT molecular complexity index is 666. The Hall–Kier alpha value is -2.29. The van der Waals surface area contributed by atoms with Gasteiger partial charge in [-0.3, -0.25) is 4.40 Å². The summed E-state index contributed by atoms with van der Waals surface area (Å²) in [6.45, 7) is 0. The van der Waals surface area contributed by atoms with Gasteiger partial charge in [0.05, 0.1) is 11.7 Å². The van der Waals surface area contributed by atoms with Gasteiger partial charge in [0.15, 0.2) is 0 Å². The zero-order valence-electron chi connectivity index (χ0n) is 10.5. The molecule has 0 saturated heterocycles. The molecule has 0 unspecified atom stereocenters. The molecule has 3 nitrogen and oxygen atoms in total. The third kappa shape index (κ3) is 1.74. The van der Waals surface area contributed by atoms with Crippen LogP contribution in [0.5, 0.6) is 0 Å². The van der Waals surface area contributed by atoms with E-state index in [-0.39, 0.29) is 0 Å². The number of imidazole rings is 1. The lowest BCUT2D eigenvalue weighted by molar-refractivity contribution is 1.13. The van der Waals surface area contributed by atoms with Gasteiger partial charge in [0.25, 0.3) is 0 Å². The maximum absolute atomic E-state index is 4.49. The third-order valence-corrected chi connectivity index (χ3v) is 3.08. The molecule has 90 valence electrons. The molecule has 0 saturated carbocycles. The minimum absolute atomic E-state index is 0.982. The highest BCUT2D eigenvalue weighted by atomic mass is 15.1. The number of pyridine rings is 1. The summed E-state index contributed by atoms with van der Waals surface area (Å²) >= 11 is 0. The van der Waals surface area contributed by atoms with E-state index in [9.17, 15) is 0 Å². The molecule has 0 bridgehead atoms. The van der Waals surface area contributed by atoms with Gasteiger partial charge in [-0.1, -0.05) is 6.07 Å². The first-order valence-corrected chi connectivity index (χ1v) is 5.95. The second-order valence-electron chi connectivity index (χ2n) is 4.52. The van der Waals surface area contributed by atoms with Crippen molar-refractivity contribution in [2.75, 3.05) is 19.0 Å². The summed E-state index contributed by atoms with van der Waals surface area (Å²) in [6, 6.07) is 14.5. The van der Waals surface area contributed by atoms with Crippen molar-refractivity contribution in [1.29, 1.82) is 0 Å². The van der Waals surface area contributed by atoms with Crippen LogP contribution in [-0.4, -0.2) is 23.5 Å². The fourth-order valence-corrected chi connectivity index (χ4v) is 2.07. The topological polar surface area (TPSA) is 20.5 Å². The first-order valence-electron chi connectivity index (χ1n) is 5.95. The Balaban J connectivity index is 2.09. The average Bonchev–Trinajstić information content (AvgIpc) is 2.82. The highest BCUT2D eigenvalue weighted by Gasteiger charge is 2.05. The molecule has 1 aromatic carbocycles. The van der Waals surface area contributed by atoms with Gasteiger partial charge in [0.2, 0.25) is 0 Å². The Kier molecular flexibility index (Phi) is 2.52. The van der Waals surface area contributed by atoms with Gasteiger partial charge in [-0.2, -0.15) is 0 Å². The standard InChI is InChI=1S/C15H15N3/c1-17(2)13-8-6-12(7-9-13)15-16-11-14-5-3-4-10-18(14)15/h3-11H,1-2H3. The maximum atomic E-state index is 4.49. The molecule has 0 spiro atoms. The zero-order valence-corrected chi connectivity index (χ0v) is 10.5. The quantitative estimate of drug-likeness (QED) is 0.682. The van der Waals surface area contributed by atoms with Crippen molar-refractivity contribution in [3.63, 3.8) is 0 Å². The van der Waals surface area contributed by atoms with Crippen molar-refractivity contribution in [3.8, 4) is 11.4 Å². The van der Waals surface area contributed by atoms with Gasteiger partial charge in [-0.05, 0) is 36.4 Å². The SMILES string of the molecule is CN(C)c1ccc(-c2ncc3ccccn23)cc1. The lowest BCUT2D eigenvalue weighted by atomic mass is 10.2. The van der Waals surface area contributed by atoms with E-state index in [1.165, 1.54) is 5.69 Å². The van der Waals surface area contributed by atoms with Gasteiger partial charge in [0.1, 0.15) is 5.82 Å². The van der Waals surface area contributed by atoms with Gasteiger partial charge in [-0.15, -0.1) is 0 Å². The Labute approximate surface area is 106 Å². The summed E-state index contributed by atoms with van der Waals surface area (Å²) in [5.74, 6) is 0.982. The van der Waals surface area contributed by atoms with Crippen LogP contribution in [0, 0.1) is 0 Å². The Morgan fingerprint density at radius 2 is 1.78 bits per heavy atom. The molecule has 0 fully saturated rings. The number of rotatable bonds is 2. The minimum atomic E-state index is 0.982. The molecule has 3 aromatic rings. The predicted molar refractivity (Wildman–Crippen MR) is 75.0 cm³/mol. The van der Waals surface area contributed by atoms with Crippen LogP contribution < -0.4 is 4.90 Å². The summed E-state index contributed by atoms with van der Waals surface area (Å²) in [4.78, 5) is 6.58. The van der Waals surface area contributed by atoms with Crippen LogP contribution in [0.1, 0.15) is 0 Å². The molecule has 2 aromatic heterocycles. The van der Waals surface area contributed by atoms with Gasteiger partial charge in [-0.25, -0.2) is 4.98 Å². The first-order chi connectivity index (χ1) is 8.75. The van der Waals surface area contributed by atoms with Crippen molar-refractivity contribution in [2.45, 2.75) is 0 Å². The van der Waals surface area contributed by atoms with Crippen molar-refractivity contribution in [2.24, 2.45) is 0 Å². The summed E-state index contributed by atoms with van der Waals surface area (Å²) in [5, 5.41) is 0. The van der Waals surface area contributed by atoms with Crippen molar-refractivity contribution in [1.82, 2.24) is 9.38 Å². The first kappa shape index (κ1) is 10.8. The highest BCUT2D eigenvalue weighted by molar-refractivity contribution is 5.64. The van der Waals surface area contributed by atoms with E-state index in [4.69, 9.17) is 0 Å². The molecule has 2 heterocycles. The van der Waals surface area contributed by atoms with Crippen LogP contribution in [-0.2, 0) is 0 Å². The fourth-order valence-electron chi connectivity index (χ4n) is 2.07. The number of aromatic nitrogens is 2. The Morgan fingerprint density at radius 1 is 1.00 bits per heavy atom. The van der Waals surface area contributed by atoms with Gasteiger partial charge in [0, 0.05) is 31.5 Å². The average molecular weight is 237 g/mol. The normalized spacial score (nSPS) is 10.8. The molecule has 18 heavy (non-hydrogen) atoms. The number of fused-ring (bicyclic) bond motifs is 1. The van der Waals surface area contributed by atoms with Crippen LogP contribution in [0.15, 0.2) is 54.9 Å². The number of benzene rings is 1. The lowest BCUT2D eigenvalue weighted by Crippen LogP contribution is -2.08. The van der Waals surface area contributed by atoms with Crippen LogP contribution in [0.3, 0.4) is 0 Å². The summed E-state index contributed by atoms with van der Waals surface area (Å²) in [7, 11) is 4.08. The Morgan fingerprint density at radius 3 is 2.50 bits per heavy atom. The van der Waals surface area contributed by atoms with Crippen LogP contribution >= 0.6 is 0 Å². The summed E-state index contributed by atoms with van der Waals surface area (Å²) in [6.07, 6.45) is 3.94. The molecule has 0 radical (unpaired) electrons. The van der Waals surface area contributed by atoms with Crippen molar-refractivity contribution < 1.29 is 0 Å². The van der Waals surface area contributed by atoms with E-state index < -0.39 is 0 Å². The van der Waals surface area contributed by atoms with E-state index in [2.05, 4.69) is 44.6 Å². The molecule has 0 aliphatic heterocycles. The molecule has 3 heteroatoms. The minimum Gasteiger partial charge on any atom is -0.378 e. The lowest BCUT2D eigenvalue weighted by Gasteiger charge is -2.12. The van der Waals surface area contributed by atoms with Gasteiger partial charge < -0.3 is 4.90 Å². The maximum Gasteiger partial charge on any atom is 0.144 e. The summed E-state index contributed by atoms with van der Waals surface area (Å²) < 4.78 is 2.10. The van der Waals surface area contributed by atoms with E-state index >= 15 is 0 Å².